The van der Waals surface area contributed by atoms with Crippen molar-refractivity contribution < 1.29 is 19.5 Å². The van der Waals surface area contributed by atoms with E-state index >= 15 is 0 Å². The first-order valence-electron chi connectivity index (χ1n) is 6.65. The second-order valence-electron chi connectivity index (χ2n) is 5.74. The summed E-state index contributed by atoms with van der Waals surface area (Å²) in [5.41, 5.74) is 1.26. The minimum absolute atomic E-state index is 0.0468. The molecule has 2 rings (SSSR count). The zero-order chi connectivity index (χ0) is 14.0. The van der Waals surface area contributed by atoms with E-state index in [-0.39, 0.29) is 11.7 Å². The number of ether oxygens (including phenoxy) is 2. The van der Waals surface area contributed by atoms with Crippen LogP contribution in [0.4, 0.5) is 0 Å². The van der Waals surface area contributed by atoms with Gasteiger partial charge < -0.3 is 19.5 Å². The fourth-order valence-electron chi connectivity index (χ4n) is 2.41. The van der Waals surface area contributed by atoms with Crippen LogP contribution in [0.15, 0.2) is 18.2 Å². The zero-order valence-electron chi connectivity index (χ0n) is 11.7. The molecule has 0 radical (unpaired) electrons. The van der Waals surface area contributed by atoms with Gasteiger partial charge in [-0.3, -0.25) is 0 Å². The third-order valence-electron chi connectivity index (χ3n) is 3.51. The molecule has 1 aliphatic rings. The van der Waals surface area contributed by atoms with Crippen molar-refractivity contribution in [3.63, 3.8) is 0 Å². The maximum Gasteiger partial charge on any atom is 0.488 e. The second kappa shape index (κ2) is 5.53. The Labute approximate surface area is 114 Å². The van der Waals surface area contributed by atoms with Gasteiger partial charge in [0, 0.05) is 0 Å². The molecule has 4 nitrogen and oxygen atoms in total. The summed E-state index contributed by atoms with van der Waals surface area (Å²) >= 11 is 0. The summed E-state index contributed by atoms with van der Waals surface area (Å²) in [7, 11) is -1.44. The normalized spacial score (nSPS) is 21.4. The van der Waals surface area contributed by atoms with Crippen molar-refractivity contribution in [2.24, 2.45) is 0 Å². The summed E-state index contributed by atoms with van der Waals surface area (Å²) in [6.45, 7) is 6.55. The number of benzene rings is 1. The van der Waals surface area contributed by atoms with Crippen LogP contribution in [0.25, 0.3) is 0 Å². The van der Waals surface area contributed by atoms with Crippen molar-refractivity contribution in [1.82, 2.24) is 0 Å². The van der Waals surface area contributed by atoms with E-state index < -0.39 is 7.12 Å². The molecule has 1 saturated heterocycles. The standard InChI is InChI=1S/C14H21BO4/c1-10-8-11(4-5-13(10)15(16)17)18-9-12-6-7-14(2,3)19-12/h4-5,8,12,16-17H,6-7,9H2,1-3H3. The third-order valence-corrected chi connectivity index (χ3v) is 3.51. The van der Waals surface area contributed by atoms with E-state index in [0.29, 0.717) is 12.1 Å². The minimum atomic E-state index is -1.44. The van der Waals surface area contributed by atoms with E-state index in [2.05, 4.69) is 13.8 Å². The first kappa shape index (κ1) is 14.4. The smallest absolute Gasteiger partial charge is 0.488 e. The van der Waals surface area contributed by atoms with Gasteiger partial charge in [-0.2, -0.15) is 0 Å². The fraction of sp³-hybridized carbons (Fsp3) is 0.571. The van der Waals surface area contributed by atoms with Gasteiger partial charge >= 0.3 is 7.12 Å². The van der Waals surface area contributed by atoms with Gasteiger partial charge in [-0.1, -0.05) is 6.07 Å². The highest BCUT2D eigenvalue weighted by Crippen LogP contribution is 2.29. The summed E-state index contributed by atoms with van der Waals surface area (Å²) < 4.78 is 11.6. The Balaban J connectivity index is 1.92. The van der Waals surface area contributed by atoms with E-state index in [4.69, 9.17) is 19.5 Å². The van der Waals surface area contributed by atoms with Gasteiger partial charge in [0.2, 0.25) is 0 Å². The van der Waals surface area contributed by atoms with E-state index in [9.17, 15) is 0 Å². The molecule has 1 aromatic rings. The molecule has 104 valence electrons. The Kier molecular flexibility index (Phi) is 4.18. The van der Waals surface area contributed by atoms with Crippen LogP contribution in [-0.2, 0) is 4.74 Å². The molecule has 1 heterocycles. The Bertz CT molecular complexity index is 445. The Morgan fingerprint density at radius 1 is 1.42 bits per heavy atom. The molecule has 0 spiro atoms. The molecule has 5 heteroatoms. The molecule has 0 amide bonds. The molecular formula is C14H21BO4. The van der Waals surface area contributed by atoms with Gasteiger partial charge in [-0.25, -0.2) is 0 Å². The third kappa shape index (κ3) is 3.72. The molecule has 0 bridgehead atoms. The second-order valence-corrected chi connectivity index (χ2v) is 5.74. The van der Waals surface area contributed by atoms with Crippen molar-refractivity contribution in [3.8, 4) is 5.75 Å². The topological polar surface area (TPSA) is 58.9 Å². The summed E-state index contributed by atoms with van der Waals surface area (Å²) in [6, 6.07) is 5.24. The van der Waals surface area contributed by atoms with E-state index in [1.54, 1.807) is 12.1 Å². The Morgan fingerprint density at radius 2 is 2.16 bits per heavy atom. The predicted octanol–water partition coefficient (Wildman–Crippen LogP) is 1.01. The summed E-state index contributed by atoms with van der Waals surface area (Å²) in [6.07, 6.45) is 2.20. The van der Waals surface area contributed by atoms with Crippen molar-refractivity contribution >= 4 is 12.6 Å². The summed E-state index contributed by atoms with van der Waals surface area (Å²) in [4.78, 5) is 0. The predicted molar refractivity (Wildman–Crippen MR) is 74.7 cm³/mol. The van der Waals surface area contributed by atoms with Gasteiger partial charge in [-0.05, 0) is 56.8 Å². The quantitative estimate of drug-likeness (QED) is 0.797. The van der Waals surface area contributed by atoms with Crippen molar-refractivity contribution in [2.75, 3.05) is 6.61 Å². The molecule has 0 saturated carbocycles. The van der Waals surface area contributed by atoms with Crippen LogP contribution in [-0.4, -0.2) is 35.5 Å². The summed E-state index contributed by atoms with van der Waals surface area (Å²) in [5, 5.41) is 18.3. The largest absolute Gasteiger partial charge is 0.491 e. The van der Waals surface area contributed by atoms with Crippen LogP contribution in [0.2, 0.25) is 0 Å². The van der Waals surface area contributed by atoms with Crippen LogP contribution in [0.1, 0.15) is 32.3 Å². The number of aryl methyl sites for hydroxylation is 1. The average Bonchev–Trinajstić information content (AvgIpc) is 2.66. The lowest BCUT2D eigenvalue weighted by Crippen LogP contribution is -2.32. The highest BCUT2D eigenvalue weighted by atomic mass is 16.6. The first-order chi connectivity index (χ1) is 8.87. The van der Waals surface area contributed by atoms with Crippen LogP contribution in [0.3, 0.4) is 0 Å². The summed E-state index contributed by atoms with van der Waals surface area (Å²) in [5.74, 6) is 0.732. The lowest BCUT2D eigenvalue weighted by atomic mass is 9.77. The average molecular weight is 264 g/mol. The molecule has 0 aliphatic carbocycles. The van der Waals surface area contributed by atoms with Crippen molar-refractivity contribution in [3.05, 3.63) is 23.8 Å². The Hall–Kier alpha value is -1.04. The highest BCUT2D eigenvalue weighted by molar-refractivity contribution is 6.59. The Morgan fingerprint density at radius 3 is 2.68 bits per heavy atom. The van der Waals surface area contributed by atoms with Gasteiger partial charge in [-0.15, -0.1) is 0 Å². The van der Waals surface area contributed by atoms with Crippen LogP contribution in [0.5, 0.6) is 5.75 Å². The van der Waals surface area contributed by atoms with Gasteiger partial charge in [0.25, 0.3) is 0 Å². The number of rotatable bonds is 4. The van der Waals surface area contributed by atoms with E-state index in [0.717, 1.165) is 24.2 Å². The zero-order valence-corrected chi connectivity index (χ0v) is 11.7. The van der Waals surface area contributed by atoms with Crippen LogP contribution in [0, 0.1) is 6.92 Å². The van der Waals surface area contributed by atoms with Gasteiger partial charge in [0.15, 0.2) is 0 Å². The van der Waals surface area contributed by atoms with E-state index in [1.165, 1.54) is 0 Å². The molecule has 1 aromatic carbocycles. The number of hydrogen-bond acceptors (Lipinski definition) is 4. The SMILES string of the molecule is Cc1cc(OCC2CCC(C)(C)O2)ccc1B(O)O. The molecular weight excluding hydrogens is 243 g/mol. The molecule has 1 unspecified atom stereocenters. The maximum atomic E-state index is 9.15. The van der Waals surface area contributed by atoms with Crippen LogP contribution < -0.4 is 10.2 Å². The molecule has 0 aromatic heterocycles. The van der Waals surface area contributed by atoms with Gasteiger partial charge in [0.1, 0.15) is 12.4 Å². The first-order valence-corrected chi connectivity index (χ1v) is 6.65. The lowest BCUT2D eigenvalue weighted by Gasteiger charge is -2.19. The maximum absolute atomic E-state index is 9.15. The van der Waals surface area contributed by atoms with Crippen LogP contribution >= 0.6 is 0 Å². The van der Waals surface area contributed by atoms with Crippen molar-refractivity contribution in [2.45, 2.75) is 45.3 Å². The highest BCUT2D eigenvalue weighted by Gasteiger charge is 2.31. The molecule has 1 atom stereocenters. The monoisotopic (exact) mass is 264 g/mol. The number of hydrogen-bond donors (Lipinski definition) is 2. The minimum Gasteiger partial charge on any atom is -0.491 e. The fourth-order valence-corrected chi connectivity index (χ4v) is 2.41. The van der Waals surface area contributed by atoms with Gasteiger partial charge in [0.05, 0.1) is 11.7 Å². The molecule has 1 aliphatic heterocycles. The molecule has 2 N–H and O–H groups in total. The molecule has 1 fully saturated rings. The van der Waals surface area contributed by atoms with Crippen molar-refractivity contribution in [1.29, 1.82) is 0 Å². The lowest BCUT2D eigenvalue weighted by molar-refractivity contribution is -0.0326. The van der Waals surface area contributed by atoms with E-state index in [1.807, 2.05) is 13.0 Å². The molecule has 19 heavy (non-hydrogen) atoms.